The maximum absolute atomic E-state index is 12.9. The zero-order valence-electron chi connectivity index (χ0n) is 14.7. The Bertz CT molecular complexity index is 903. The molecule has 0 aliphatic carbocycles. The maximum Gasteiger partial charge on any atom is 0.253 e. The van der Waals surface area contributed by atoms with Crippen LogP contribution >= 0.6 is 0 Å². The number of nitrogens with one attached hydrogen (secondary N) is 2. The largest absolute Gasteiger partial charge is 0.354 e. The lowest BCUT2D eigenvalue weighted by molar-refractivity contribution is 0.0950. The number of nitrogens with zero attached hydrogens (tertiary/aromatic N) is 1. The van der Waals surface area contributed by atoms with Gasteiger partial charge in [-0.25, -0.2) is 4.39 Å². The Balaban J connectivity index is 1.67. The van der Waals surface area contributed by atoms with Crippen LogP contribution in [-0.4, -0.2) is 10.9 Å². The normalized spacial score (nSPS) is 10.4. The van der Waals surface area contributed by atoms with Crippen molar-refractivity contribution in [1.82, 2.24) is 10.3 Å². The molecule has 2 N–H and O–H groups in total. The van der Waals surface area contributed by atoms with Crippen LogP contribution in [0.25, 0.3) is 0 Å². The van der Waals surface area contributed by atoms with Crippen LogP contribution in [0.4, 0.5) is 15.8 Å². The molecule has 2 aromatic carbocycles. The van der Waals surface area contributed by atoms with Gasteiger partial charge in [0.25, 0.3) is 5.91 Å². The highest BCUT2D eigenvalue weighted by Crippen LogP contribution is 2.19. The van der Waals surface area contributed by atoms with Crippen LogP contribution in [0, 0.1) is 19.7 Å². The Labute approximate surface area is 152 Å². The number of carbonyl (C=O) groups is 1. The minimum atomic E-state index is -0.297. The van der Waals surface area contributed by atoms with Crippen molar-refractivity contribution in [2.75, 3.05) is 5.32 Å². The Morgan fingerprint density at radius 3 is 2.35 bits per heavy atom. The molecule has 1 heterocycles. The van der Waals surface area contributed by atoms with Crippen molar-refractivity contribution in [2.24, 2.45) is 0 Å². The Morgan fingerprint density at radius 2 is 1.65 bits per heavy atom. The highest BCUT2D eigenvalue weighted by molar-refractivity contribution is 5.94. The smallest absolute Gasteiger partial charge is 0.253 e. The second kappa shape index (κ2) is 7.78. The van der Waals surface area contributed by atoms with Gasteiger partial charge in [-0.2, -0.15) is 0 Å². The summed E-state index contributed by atoms with van der Waals surface area (Å²) in [5.74, 6) is -0.527. The number of halogens is 1. The lowest BCUT2D eigenvalue weighted by atomic mass is 10.1. The second-order valence-corrected chi connectivity index (χ2v) is 6.27. The second-order valence-electron chi connectivity index (χ2n) is 6.27. The molecule has 3 rings (SSSR count). The van der Waals surface area contributed by atoms with E-state index in [0.29, 0.717) is 12.1 Å². The van der Waals surface area contributed by atoms with Gasteiger partial charge in [-0.05, 0) is 60.9 Å². The van der Waals surface area contributed by atoms with E-state index in [-0.39, 0.29) is 11.7 Å². The number of benzene rings is 2. The number of pyridine rings is 1. The average Bonchev–Trinajstić information content (AvgIpc) is 2.60. The van der Waals surface area contributed by atoms with E-state index >= 15 is 0 Å². The molecule has 3 aromatic rings. The predicted molar refractivity (Wildman–Crippen MR) is 101 cm³/mol. The molecule has 0 radical (unpaired) electrons. The highest BCUT2D eigenvalue weighted by atomic mass is 19.1. The third-order valence-corrected chi connectivity index (χ3v) is 3.88. The summed E-state index contributed by atoms with van der Waals surface area (Å²) in [6, 6.07) is 14.0. The van der Waals surface area contributed by atoms with Crippen LogP contribution in [0.3, 0.4) is 0 Å². The van der Waals surface area contributed by atoms with Crippen molar-refractivity contribution in [3.8, 4) is 0 Å². The minimum Gasteiger partial charge on any atom is -0.354 e. The molecule has 0 fully saturated rings. The van der Waals surface area contributed by atoms with Crippen LogP contribution in [-0.2, 0) is 6.54 Å². The topological polar surface area (TPSA) is 54.0 Å². The first-order valence-corrected chi connectivity index (χ1v) is 8.32. The third-order valence-electron chi connectivity index (χ3n) is 3.88. The third kappa shape index (κ3) is 4.66. The van der Waals surface area contributed by atoms with E-state index in [1.165, 1.54) is 18.3 Å². The van der Waals surface area contributed by atoms with E-state index in [1.807, 2.05) is 26.0 Å². The Kier molecular flexibility index (Phi) is 5.27. The van der Waals surface area contributed by atoms with Crippen molar-refractivity contribution >= 4 is 17.3 Å². The van der Waals surface area contributed by atoms with Gasteiger partial charge in [0.05, 0.1) is 17.4 Å². The van der Waals surface area contributed by atoms with Crippen molar-refractivity contribution in [3.05, 3.63) is 89.0 Å². The summed E-state index contributed by atoms with van der Waals surface area (Å²) in [6.45, 7) is 4.40. The fourth-order valence-corrected chi connectivity index (χ4v) is 2.73. The molecule has 0 aliphatic rings. The fourth-order valence-electron chi connectivity index (χ4n) is 2.73. The molecule has 132 valence electrons. The van der Waals surface area contributed by atoms with Gasteiger partial charge in [-0.3, -0.25) is 9.78 Å². The molecule has 5 heteroatoms. The van der Waals surface area contributed by atoms with Crippen molar-refractivity contribution < 1.29 is 9.18 Å². The fraction of sp³-hybridized carbons (Fsp3) is 0.143. The molecular formula is C21H20FN3O. The van der Waals surface area contributed by atoms with Crippen LogP contribution in [0.2, 0.25) is 0 Å². The van der Waals surface area contributed by atoms with Gasteiger partial charge in [-0.15, -0.1) is 0 Å². The number of rotatable bonds is 5. The Morgan fingerprint density at radius 1 is 0.962 bits per heavy atom. The summed E-state index contributed by atoms with van der Waals surface area (Å²) in [5.41, 5.74) is 5.30. The van der Waals surface area contributed by atoms with Gasteiger partial charge in [0.15, 0.2) is 0 Å². The molecular weight excluding hydrogens is 329 g/mol. The zero-order chi connectivity index (χ0) is 18.5. The number of hydrogen-bond donors (Lipinski definition) is 2. The van der Waals surface area contributed by atoms with Crippen LogP contribution < -0.4 is 10.6 Å². The van der Waals surface area contributed by atoms with Crippen molar-refractivity contribution in [2.45, 2.75) is 20.4 Å². The standard InChI is InChI=1S/C21H20FN3O/c1-14-7-15(2)9-19(8-14)25-20-10-17(12-23-13-20)21(26)24-11-16-3-5-18(22)6-4-16/h3-10,12-13,25H,11H2,1-2H3,(H,24,26). The highest BCUT2D eigenvalue weighted by Gasteiger charge is 2.07. The van der Waals surface area contributed by atoms with Gasteiger partial charge >= 0.3 is 0 Å². The van der Waals surface area contributed by atoms with E-state index in [9.17, 15) is 9.18 Å². The molecule has 0 aliphatic heterocycles. The number of aromatic nitrogens is 1. The first-order valence-electron chi connectivity index (χ1n) is 8.32. The molecule has 0 bridgehead atoms. The molecule has 0 spiro atoms. The first-order chi connectivity index (χ1) is 12.5. The molecule has 0 saturated heterocycles. The van der Waals surface area contributed by atoms with Gasteiger partial charge in [0.2, 0.25) is 0 Å². The van der Waals surface area contributed by atoms with Crippen LogP contribution in [0.1, 0.15) is 27.0 Å². The number of anilines is 2. The SMILES string of the molecule is Cc1cc(C)cc(Nc2cncc(C(=O)NCc3ccc(F)cc3)c2)c1. The Hall–Kier alpha value is -3.21. The minimum absolute atomic E-state index is 0.231. The maximum atomic E-state index is 12.9. The predicted octanol–water partition coefficient (Wildman–Crippen LogP) is 4.51. The van der Waals surface area contributed by atoms with Crippen LogP contribution in [0.15, 0.2) is 60.9 Å². The molecule has 0 atom stereocenters. The van der Waals surface area contributed by atoms with Gasteiger partial charge < -0.3 is 10.6 Å². The lowest BCUT2D eigenvalue weighted by Crippen LogP contribution is -2.23. The first kappa shape index (κ1) is 17.6. The summed E-state index contributed by atoms with van der Waals surface area (Å²) < 4.78 is 12.9. The number of hydrogen-bond acceptors (Lipinski definition) is 3. The summed E-state index contributed by atoms with van der Waals surface area (Å²) in [6.07, 6.45) is 3.20. The van der Waals surface area contributed by atoms with Crippen LogP contribution in [0.5, 0.6) is 0 Å². The zero-order valence-corrected chi connectivity index (χ0v) is 14.7. The van der Waals surface area contributed by atoms with E-state index < -0.39 is 0 Å². The molecule has 0 saturated carbocycles. The lowest BCUT2D eigenvalue weighted by Gasteiger charge is -2.10. The van der Waals surface area contributed by atoms with Gasteiger partial charge in [0, 0.05) is 18.4 Å². The van der Waals surface area contributed by atoms with E-state index in [2.05, 4.69) is 21.7 Å². The van der Waals surface area contributed by atoms with Crippen molar-refractivity contribution in [1.29, 1.82) is 0 Å². The number of aryl methyl sites for hydroxylation is 2. The summed E-state index contributed by atoms with van der Waals surface area (Å²) in [4.78, 5) is 16.5. The van der Waals surface area contributed by atoms with E-state index in [0.717, 1.165) is 28.1 Å². The monoisotopic (exact) mass is 349 g/mol. The molecule has 26 heavy (non-hydrogen) atoms. The summed E-state index contributed by atoms with van der Waals surface area (Å²) in [7, 11) is 0. The van der Waals surface area contributed by atoms with E-state index in [1.54, 1.807) is 24.4 Å². The summed E-state index contributed by atoms with van der Waals surface area (Å²) >= 11 is 0. The van der Waals surface area contributed by atoms with E-state index in [4.69, 9.17) is 0 Å². The molecule has 0 unspecified atom stereocenters. The number of carbonyl (C=O) groups excluding carboxylic acids is 1. The van der Waals surface area contributed by atoms with Crippen molar-refractivity contribution in [3.63, 3.8) is 0 Å². The van der Waals surface area contributed by atoms with Gasteiger partial charge in [0.1, 0.15) is 5.82 Å². The quantitative estimate of drug-likeness (QED) is 0.712. The van der Waals surface area contributed by atoms with Gasteiger partial charge in [-0.1, -0.05) is 18.2 Å². The average molecular weight is 349 g/mol. The molecule has 1 amide bonds. The molecule has 1 aromatic heterocycles. The number of amides is 1. The summed E-state index contributed by atoms with van der Waals surface area (Å²) in [5, 5.41) is 6.09. The molecule has 4 nitrogen and oxygen atoms in total.